The summed E-state index contributed by atoms with van der Waals surface area (Å²) in [6, 6.07) is 2.20. The Balaban J connectivity index is 2.00. The Morgan fingerprint density at radius 3 is 2.75 bits per heavy atom. The standard InChI is InChI=1S/C15H24N4S/c1-4-7-16-9-15-17-13(11-20-15)10-19-14(6-3)8-12(5-2)18-19/h8,11,16H,4-7,9-10H2,1-3H3. The van der Waals surface area contributed by atoms with E-state index in [1.54, 1.807) is 11.3 Å². The van der Waals surface area contributed by atoms with Gasteiger partial charge in [-0.25, -0.2) is 4.98 Å². The summed E-state index contributed by atoms with van der Waals surface area (Å²) in [6.07, 6.45) is 3.16. The molecule has 0 saturated heterocycles. The Bertz CT molecular complexity index is 530. The van der Waals surface area contributed by atoms with Crippen molar-refractivity contribution in [3.63, 3.8) is 0 Å². The van der Waals surface area contributed by atoms with Crippen molar-refractivity contribution >= 4 is 11.3 Å². The van der Waals surface area contributed by atoms with Gasteiger partial charge in [0.05, 0.1) is 17.9 Å². The van der Waals surface area contributed by atoms with E-state index in [0.29, 0.717) is 0 Å². The largest absolute Gasteiger partial charge is 0.310 e. The summed E-state index contributed by atoms with van der Waals surface area (Å²) in [5, 5.41) is 11.3. The summed E-state index contributed by atoms with van der Waals surface area (Å²) in [5.41, 5.74) is 3.58. The first kappa shape index (κ1) is 15.2. The molecule has 20 heavy (non-hydrogen) atoms. The van der Waals surface area contributed by atoms with Gasteiger partial charge in [-0.3, -0.25) is 4.68 Å². The van der Waals surface area contributed by atoms with E-state index >= 15 is 0 Å². The lowest BCUT2D eigenvalue weighted by molar-refractivity contribution is 0.626. The summed E-state index contributed by atoms with van der Waals surface area (Å²) >= 11 is 1.73. The first-order valence-electron chi connectivity index (χ1n) is 7.46. The normalized spacial score (nSPS) is 11.2. The van der Waals surface area contributed by atoms with Crippen molar-refractivity contribution in [2.24, 2.45) is 0 Å². The average Bonchev–Trinajstić information content (AvgIpc) is 3.06. The predicted molar refractivity (Wildman–Crippen MR) is 84.2 cm³/mol. The van der Waals surface area contributed by atoms with Crippen molar-refractivity contribution in [3.05, 3.63) is 33.5 Å². The average molecular weight is 292 g/mol. The van der Waals surface area contributed by atoms with Crippen LogP contribution in [0.25, 0.3) is 0 Å². The number of aryl methyl sites for hydroxylation is 2. The molecule has 0 spiro atoms. The van der Waals surface area contributed by atoms with Crippen LogP contribution in [0.5, 0.6) is 0 Å². The molecule has 5 heteroatoms. The van der Waals surface area contributed by atoms with E-state index < -0.39 is 0 Å². The van der Waals surface area contributed by atoms with Gasteiger partial charge < -0.3 is 5.32 Å². The van der Waals surface area contributed by atoms with Crippen LogP contribution in [0.2, 0.25) is 0 Å². The molecule has 2 rings (SSSR count). The monoisotopic (exact) mass is 292 g/mol. The molecule has 0 unspecified atom stereocenters. The van der Waals surface area contributed by atoms with Crippen molar-refractivity contribution in [2.45, 2.75) is 53.1 Å². The Labute approximate surface area is 125 Å². The Hall–Kier alpha value is -1.20. The van der Waals surface area contributed by atoms with Gasteiger partial charge >= 0.3 is 0 Å². The molecule has 1 N–H and O–H groups in total. The van der Waals surface area contributed by atoms with Crippen molar-refractivity contribution in [1.82, 2.24) is 20.1 Å². The van der Waals surface area contributed by atoms with Crippen LogP contribution >= 0.6 is 11.3 Å². The van der Waals surface area contributed by atoms with Gasteiger partial charge in [0.25, 0.3) is 0 Å². The van der Waals surface area contributed by atoms with Crippen molar-refractivity contribution in [1.29, 1.82) is 0 Å². The van der Waals surface area contributed by atoms with Crippen LogP contribution in [0.3, 0.4) is 0 Å². The first-order chi connectivity index (χ1) is 9.76. The molecule has 0 fully saturated rings. The lowest BCUT2D eigenvalue weighted by Crippen LogP contribution is -2.13. The van der Waals surface area contributed by atoms with E-state index in [9.17, 15) is 0 Å². The minimum absolute atomic E-state index is 0.785. The third-order valence-electron chi connectivity index (χ3n) is 3.25. The summed E-state index contributed by atoms with van der Waals surface area (Å²) in [5.74, 6) is 0. The van der Waals surface area contributed by atoms with Crippen molar-refractivity contribution < 1.29 is 0 Å². The van der Waals surface area contributed by atoms with Gasteiger partial charge in [0.15, 0.2) is 0 Å². The Morgan fingerprint density at radius 1 is 1.20 bits per heavy atom. The SMILES string of the molecule is CCCNCc1nc(Cn2nc(CC)cc2CC)cs1. The molecule has 110 valence electrons. The van der Waals surface area contributed by atoms with Crippen LogP contribution in [0.4, 0.5) is 0 Å². The molecule has 0 aliphatic heterocycles. The topological polar surface area (TPSA) is 42.7 Å². The Morgan fingerprint density at radius 2 is 2.05 bits per heavy atom. The summed E-state index contributed by atoms with van der Waals surface area (Å²) < 4.78 is 2.09. The number of thiazole rings is 1. The fourth-order valence-corrected chi connectivity index (χ4v) is 2.89. The fraction of sp³-hybridized carbons (Fsp3) is 0.600. The highest BCUT2D eigenvalue weighted by Crippen LogP contribution is 2.13. The highest BCUT2D eigenvalue weighted by Gasteiger charge is 2.08. The molecule has 0 amide bonds. The number of aromatic nitrogens is 3. The zero-order valence-corrected chi connectivity index (χ0v) is 13.5. The van der Waals surface area contributed by atoms with Gasteiger partial charge in [-0.1, -0.05) is 20.8 Å². The number of hydrogen-bond donors (Lipinski definition) is 1. The van der Waals surface area contributed by atoms with E-state index in [1.807, 2.05) is 0 Å². The van der Waals surface area contributed by atoms with Crippen molar-refractivity contribution in [2.75, 3.05) is 6.54 Å². The molecule has 0 saturated carbocycles. The highest BCUT2D eigenvalue weighted by atomic mass is 32.1. The van der Waals surface area contributed by atoms with Gasteiger partial charge in [0.1, 0.15) is 5.01 Å². The van der Waals surface area contributed by atoms with E-state index in [4.69, 9.17) is 0 Å². The van der Waals surface area contributed by atoms with E-state index in [2.05, 4.69) is 52.3 Å². The summed E-state index contributed by atoms with van der Waals surface area (Å²) in [6.45, 7) is 9.20. The zero-order chi connectivity index (χ0) is 14.4. The molecular weight excluding hydrogens is 268 g/mol. The number of rotatable bonds is 8. The van der Waals surface area contributed by atoms with Crippen LogP contribution < -0.4 is 5.32 Å². The van der Waals surface area contributed by atoms with Gasteiger partial charge in [0, 0.05) is 17.6 Å². The summed E-state index contributed by atoms with van der Waals surface area (Å²) in [4.78, 5) is 4.68. The molecule has 0 aliphatic rings. The van der Waals surface area contributed by atoms with Crippen LogP contribution in [-0.4, -0.2) is 21.3 Å². The van der Waals surface area contributed by atoms with E-state index in [0.717, 1.165) is 49.6 Å². The van der Waals surface area contributed by atoms with Gasteiger partial charge in [-0.05, 0) is 31.9 Å². The second-order valence-electron chi connectivity index (χ2n) is 4.90. The minimum atomic E-state index is 0.785. The molecule has 2 aromatic heterocycles. The minimum Gasteiger partial charge on any atom is -0.310 e. The maximum Gasteiger partial charge on any atom is 0.107 e. The smallest absolute Gasteiger partial charge is 0.107 e. The van der Waals surface area contributed by atoms with Crippen LogP contribution in [-0.2, 0) is 25.9 Å². The van der Waals surface area contributed by atoms with Crippen LogP contribution in [0.15, 0.2) is 11.4 Å². The molecule has 0 bridgehead atoms. The van der Waals surface area contributed by atoms with E-state index in [-0.39, 0.29) is 0 Å². The van der Waals surface area contributed by atoms with Crippen molar-refractivity contribution in [3.8, 4) is 0 Å². The molecule has 0 atom stereocenters. The molecule has 4 nitrogen and oxygen atoms in total. The maximum absolute atomic E-state index is 4.68. The quantitative estimate of drug-likeness (QED) is 0.761. The third-order valence-corrected chi connectivity index (χ3v) is 4.15. The summed E-state index contributed by atoms with van der Waals surface area (Å²) in [7, 11) is 0. The van der Waals surface area contributed by atoms with Gasteiger partial charge in [-0.2, -0.15) is 5.10 Å². The van der Waals surface area contributed by atoms with Gasteiger partial charge in [0.2, 0.25) is 0 Å². The molecule has 0 radical (unpaired) electrons. The molecule has 0 aliphatic carbocycles. The third kappa shape index (κ3) is 3.90. The number of nitrogens with zero attached hydrogens (tertiary/aromatic N) is 3. The lowest BCUT2D eigenvalue weighted by Gasteiger charge is -2.03. The molecule has 2 aromatic rings. The molecule has 2 heterocycles. The predicted octanol–water partition coefficient (Wildman–Crippen LogP) is 3.01. The second-order valence-corrected chi connectivity index (χ2v) is 5.84. The first-order valence-corrected chi connectivity index (χ1v) is 8.34. The second kappa shape index (κ2) is 7.55. The highest BCUT2D eigenvalue weighted by molar-refractivity contribution is 7.09. The molecule has 0 aromatic carbocycles. The fourth-order valence-electron chi connectivity index (χ4n) is 2.14. The number of hydrogen-bond acceptors (Lipinski definition) is 4. The van der Waals surface area contributed by atoms with Crippen LogP contribution in [0.1, 0.15) is 49.3 Å². The molecular formula is C15H24N4S. The number of nitrogens with one attached hydrogen (secondary N) is 1. The van der Waals surface area contributed by atoms with Gasteiger partial charge in [-0.15, -0.1) is 11.3 Å². The van der Waals surface area contributed by atoms with Crippen LogP contribution in [0, 0.1) is 0 Å². The lowest BCUT2D eigenvalue weighted by atomic mass is 10.2. The van der Waals surface area contributed by atoms with E-state index in [1.165, 1.54) is 11.4 Å². The maximum atomic E-state index is 4.68. The Kier molecular flexibility index (Phi) is 5.73. The zero-order valence-electron chi connectivity index (χ0n) is 12.6.